The van der Waals surface area contributed by atoms with E-state index < -0.39 is 182 Å². The summed E-state index contributed by atoms with van der Waals surface area (Å²) in [5.74, 6) is -36.5. The van der Waals surface area contributed by atoms with Crippen LogP contribution in [0.4, 0.5) is 75.9 Å². The Labute approximate surface area is 524 Å². The van der Waals surface area contributed by atoms with Crippen LogP contribution in [0.1, 0.15) is 62.0 Å². The van der Waals surface area contributed by atoms with E-state index >= 15 is 26.3 Å². The van der Waals surface area contributed by atoms with Gasteiger partial charge in [0.25, 0.3) is 5.69 Å². The van der Waals surface area contributed by atoms with Crippen LogP contribution in [0.2, 0.25) is 0 Å². The van der Waals surface area contributed by atoms with Gasteiger partial charge >= 0.3 is 0 Å². The highest BCUT2D eigenvalue weighted by Gasteiger charge is 2.46. The molecule has 0 spiro atoms. The summed E-state index contributed by atoms with van der Waals surface area (Å²) >= 11 is 0. The third kappa shape index (κ3) is 10.9. The molecule has 0 saturated heterocycles. The van der Waals surface area contributed by atoms with Gasteiger partial charge in [0.05, 0.1) is 51.4 Å². The van der Waals surface area contributed by atoms with Gasteiger partial charge in [0.1, 0.15) is 129 Å². The summed E-state index contributed by atoms with van der Waals surface area (Å²) in [6.07, 6.45) is 0. The van der Waals surface area contributed by atoms with Crippen molar-refractivity contribution in [3.63, 3.8) is 0 Å². The number of rotatable bonds is 3. The van der Waals surface area contributed by atoms with Gasteiger partial charge in [-0.1, -0.05) is 0 Å². The highest BCUT2D eigenvalue weighted by Crippen LogP contribution is 2.58. The summed E-state index contributed by atoms with van der Waals surface area (Å²) in [4.78, 5) is 29.6. The summed E-state index contributed by atoms with van der Waals surface area (Å²) in [5.41, 5.74) is -24.4. The molecule has 0 N–H and O–H groups in total. The van der Waals surface area contributed by atoms with Gasteiger partial charge in [-0.2, -0.15) is 68.4 Å². The fraction of sp³-hybridized carbons (Fsp3) is 0.0167. The molecule has 3 heterocycles. The molecule has 0 bridgehead atoms. The van der Waals surface area contributed by atoms with Gasteiger partial charge in [-0.15, -0.1) is 0 Å². The molecular weight excluding hydrogens is 1320 g/mol. The van der Waals surface area contributed by atoms with Crippen molar-refractivity contribution in [3.05, 3.63) is 205 Å². The Balaban J connectivity index is 0.000000226. The first-order valence-electron chi connectivity index (χ1n) is 24.3. The number of allylic oxidation sites excluding steroid dienone is 5. The SMILES string of the molecule is N#CC(C#N)=c1c(F)c(F)c(=C(C#N)C#N)c(F)c1F.N#Cc1nc2c3nc(C#N)c(C#N)nc3c3nc(C#N)c(C#N)nc3c2nc1C#N.[C-]#[N+]C(=C1C(=C(C#N)c2c(F)c(F)c(C)c(F)c2F)C1=C(C#N)c1c(F)c(F)c([N+]#[C-])c(F)c1F)c1c(F)c(F)c(C#N)c(F)c1F. The lowest BCUT2D eigenvalue weighted by Gasteiger charge is -2.09. The zero-order valence-corrected chi connectivity index (χ0v) is 45.9. The third-order valence-corrected chi connectivity index (χ3v) is 12.9. The van der Waals surface area contributed by atoms with Crippen LogP contribution in [0.25, 0.3) is 70.8 Å². The van der Waals surface area contributed by atoms with E-state index in [0.29, 0.717) is 6.92 Å². The molecule has 37 heteroatoms. The Morgan fingerprint density at radius 1 is 0.309 bits per heavy atom. The second-order valence-corrected chi connectivity index (χ2v) is 17.8. The van der Waals surface area contributed by atoms with Crippen molar-refractivity contribution < 1.29 is 70.2 Å². The number of aromatic nitrogens is 6. The Morgan fingerprint density at radius 2 is 0.567 bits per heavy atom. The highest BCUT2D eigenvalue weighted by molar-refractivity contribution is 6.18. The van der Waals surface area contributed by atoms with Crippen LogP contribution >= 0.6 is 0 Å². The number of nitrogens with zero attached hydrogens (tertiary/aromatic N) is 21. The van der Waals surface area contributed by atoms with Crippen LogP contribution in [0.3, 0.4) is 0 Å². The molecule has 21 nitrogen and oxygen atoms in total. The van der Waals surface area contributed by atoms with E-state index in [0.717, 1.165) is 42.5 Å². The molecule has 1 aliphatic carbocycles. The standard InChI is InChI=1S/C30H3F12N5.C18N12.C12F4N4/c1-7-17(31)21(35)13(22(36)18(7)32)8(4-43)11-12(9(5-44)14-23(37)27(41)30(47-3)28(42)24(14)38)15(11)29(46-2)16-25(39)19(33)10(6-45)20(34)26(16)40;19-1-7-8(2-20)26-14-13(25-7)15-17(29-10(4-22)9(3-21)27-15)18-16(14)28-11(5-23)12(6-24)30-18;13-9-7(5(1-17)2-18)10(14)12(16)8(11(9)15)6(3-19)4-20/h1H3;;. The summed E-state index contributed by atoms with van der Waals surface area (Å²) < 4.78 is 232. The fourth-order valence-electron chi connectivity index (χ4n) is 8.58. The number of halogens is 16. The summed E-state index contributed by atoms with van der Waals surface area (Å²) in [6.45, 7) is 14.7. The number of hydrogen-bond donors (Lipinski definition) is 0. The van der Waals surface area contributed by atoms with Crippen molar-refractivity contribution in [2.24, 2.45) is 0 Å². The fourth-order valence-corrected chi connectivity index (χ4v) is 8.58. The lowest BCUT2D eigenvalue weighted by Crippen LogP contribution is -2.31. The Morgan fingerprint density at radius 3 is 0.784 bits per heavy atom. The van der Waals surface area contributed by atoms with E-state index in [4.69, 9.17) is 39.5 Å². The van der Waals surface area contributed by atoms with Gasteiger partial charge in [-0.3, -0.25) is 0 Å². The molecule has 8 aromatic rings. The maximum Gasteiger partial charge on any atom is 0.262 e. The first-order valence-corrected chi connectivity index (χ1v) is 24.3. The minimum atomic E-state index is -2.48. The maximum absolute atomic E-state index is 15.0. The van der Waals surface area contributed by atoms with Crippen LogP contribution < -0.4 is 10.4 Å². The number of hydrogen-bond acceptors (Lipinski definition) is 19. The average molecular weight is 1320 g/mol. The van der Waals surface area contributed by atoms with Crippen molar-refractivity contribution in [3.8, 4) is 78.9 Å². The predicted octanol–water partition coefficient (Wildman–Crippen LogP) is 10.1. The van der Waals surface area contributed by atoms with Crippen LogP contribution in [-0.2, 0) is 0 Å². The van der Waals surface area contributed by atoms with E-state index in [1.807, 2.05) is 0 Å². The number of fused-ring (bicyclic) bond motifs is 6. The van der Waals surface area contributed by atoms with Gasteiger partial charge in [0, 0.05) is 5.56 Å². The molecule has 1 fully saturated rings. The van der Waals surface area contributed by atoms with E-state index in [-0.39, 0.29) is 67.3 Å². The van der Waals surface area contributed by atoms with Crippen molar-refractivity contribution in [2.75, 3.05) is 0 Å². The monoisotopic (exact) mass is 1320 g/mol. The molecule has 0 radical (unpaired) electrons. The number of benzene rings is 5. The van der Waals surface area contributed by atoms with Gasteiger partial charge in [0.15, 0.2) is 127 Å². The second-order valence-electron chi connectivity index (χ2n) is 17.8. The third-order valence-electron chi connectivity index (χ3n) is 12.9. The topological polar surface area (TPSA) is 395 Å². The van der Waals surface area contributed by atoms with Crippen molar-refractivity contribution in [2.45, 2.75) is 6.92 Å². The molecule has 460 valence electrons. The zero-order valence-electron chi connectivity index (χ0n) is 45.9. The quantitative estimate of drug-likeness (QED) is 0.0521. The lowest BCUT2D eigenvalue weighted by molar-refractivity contribution is 0.434. The minimum Gasteiger partial charge on any atom is -0.237 e. The van der Waals surface area contributed by atoms with Crippen LogP contribution in [-0.4, -0.2) is 29.9 Å². The average Bonchev–Trinajstić information content (AvgIpc) is 1.61. The lowest BCUT2D eigenvalue weighted by atomic mass is 9.99. The molecule has 0 amide bonds. The van der Waals surface area contributed by atoms with Crippen LogP contribution in [0.15, 0.2) is 16.7 Å². The molecule has 3 aromatic heterocycles. The van der Waals surface area contributed by atoms with E-state index in [2.05, 4.69) is 39.6 Å². The smallest absolute Gasteiger partial charge is 0.237 e. The molecule has 1 aliphatic rings. The summed E-state index contributed by atoms with van der Waals surface area (Å²) in [5, 5.41) is 115. The molecular formula is C60H3F16N21. The molecule has 5 aromatic carbocycles. The predicted molar refractivity (Wildman–Crippen MR) is 282 cm³/mol. The Hall–Kier alpha value is -15.7. The first-order chi connectivity index (χ1) is 46.1. The molecule has 97 heavy (non-hydrogen) atoms. The normalized spacial score (nSPS) is 12.2. The summed E-state index contributed by atoms with van der Waals surface area (Å²) in [6, 6.07) is 17.7. The molecule has 0 unspecified atom stereocenters. The molecule has 0 atom stereocenters. The zero-order chi connectivity index (χ0) is 72.3. The van der Waals surface area contributed by atoms with Crippen LogP contribution in [0, 0.1) is 260 Å². The van der Waals surface area contributed by atoms with Gasteiger partial charge in [-0.05, 0) is 23.6 Å². The largest absolute Gasteiger partial charge is 0.262 e. The Kier molecular flexibility index (Phi) is 19.0. The van der Waals surface area contributed by atoms with Gasteiger partial charge in [0.2, 0.25) is 5.70 Å². The van der Waals surface area contributed by atoms with Crippen molar-refractivity contribution in [1.29, 1.82) is 68.4 Å². The van der Waals surface area contributed by atoms with Gasteiger partial charge < -0.3 is 0 Å². The molecule has 9 rings (SSSR count). The van der Waals surface area contributed by atoms with E-state index in [1.54, 1.807) is 36.4 Å². The number of nitriles is 13. The maximum atomic E-state index is 15.0. The Bertz CT molecular complexity index is 5360. The first kappa shape index (κ1) is 68.8. The van der Waals surface area contributed by atoms with Crippen LogP contribution in [0.5, 0.6) is 0 Å². The highest BCUT2D eigenvalue weighted by atomic mass is 19.2. The van der Waals surface area contributed by atoms with Crippen molar-refractivity contribution in [1.82, 2.24) is 29.9 Å². The van der Waals surface area contributed by atoms with Crippen molar-refractivity contribution >= 4 is 66.8 Å². The summed E-state index contributed by atoms with van der Waals surface area (Å²) in [7, 11) is 0. The molecule has 0 aliphatic heterocycles. The minimum absolute atomic E-state index is 0.0237. The second kappa shape index (κ2) is 26.8. The van der Waals surface area contributed by atoms with E-state index in [1.165, 1.54) is 0 Å². The van der Waals surface area contributed by atoms with E-state index in [9.17, 15) is 86.0 Å². The molecule has 1 saturated carbocycles. The van der Waals surface area contributed by atoms with Gasteiger partial charge in [-0.25, -0.2) is 110 Å².